The Kier molecular flexibility index (Phi) is 3.52. The Hall–Kier alpha value is -1.10. The molecule has 2 heterocycles. The normalized spacial score (nSPS) is 63.7. The lowest BCUT2D eigenvalue weighted by Gasteiger charge is -2.59. The predicted octanol–water partition coefficient (Wildman–Crippen LogP) is -0.601. The van der Waals surface area contributed by atoms with Gasteiger partial charge in [0.25, 0.3) is 0 Å². The second kappa shape index (κ2) is 5.03. The van der Waals surface area contributed by atoms with Gasteiger partial charge in [0.2, 0.25) is 0 Å². The van der Waals surface area contributed by atoms with Crippen LogP contribution in [0.1, 0.15) is 60.8 Å². The molecule has 5 N–H and O–H groups in total. The van der Waals surface area contributed by atoms with Gasteiger partial charge in [-0.2, -0.15) is 0 Å². The molecule has 0 aromatic heterocycles. The van der Waals surface area contributed by atoms with E-state index >= 15 is 0 Å². The highest BCUT2D eigenvalue weighted by molar-refractivity contribution is 5.85. The van der Waals surface area contributed by atoms with Crippen LogP contribution in [0.3, 0.4) is 0 Å². The number of Topliss-reactive ketones (excluding diaryl/α,β-unsaturated/α-hetero) is 1. The van der Waals surface area contributed by atoms with E-state index < -0.39 is 75.0 Å². The standard InChI is InChI=1S/C22H32O9/c1-10(2)20(27)14(30-12(4)23)21(28)15(5)9-19(26)16(20,6)22(21,29)18(31-19)7-11(3)13(24)8-17(15,18)25/h10-11,14,25-29H,7-9H2,1-6H3/t11-,14-,15+,16+,17+,18-,19+,20-,21-,22+/m1/s1. The predicted molar refractivity (Wildman–Crippen MR) is 103 cm³/mol. The van der Waals surface area contributed by atoms with Crippen molar-refractivity contribution in [1.29, 1.82) is 0 Å². The first kappa shape index (κ1) is 21.7. The van der Waals surface area contributed by atoms with Crippen molar-refractivity contribution in [3.63, 3.8) is 0 Å². The van der Waals surface area contributed by atoms with Crippen molar-refractivity contribution < 1.29 is 44.6 Å². The lowest BCUT2D eigenvalue weighted by molar-refractivity contribution is -0.375. The van der Waals surface area contributed by atoms with Crippen LogP contribution >= 0.6 is 0 Å². The summed E-state index contributed by atoms with van der Waals surface area (Å²) in [4.78, 5) is 24.8. The molecule has 174 valence electrons. The van der Waals surface area contributed by atoms with Crippen LogP contribution in [0.15, 0.2) is 0 Å². The van der Waals surface area contributed by atoms with Crippen molar-refractivity contribution in [2.75, 3.05) is 0 Å². The fourth-order valence-corrected chi connectivity index (χ4v) is 8.91. The van der Waals surface area contributed by atoms with Crippen LogP contribution in [-0.4, -0.2) is 77.2 Å². The number of ether oxygens (including phenoxy) is 2. The number of ketones is 1. The zero-order chi connectivity index (χ0) is 23.4. The topological polar surface area (TPSA) is 154 Å². The molecule has 6 bridgehead atoms. The molecular weight excluding hydrogens is 408 g/mol. The SMILES string of the molecule is CC(=O)O[C@H]1[C@@]2(O)[C@@]3(C)C[C@]4(O)O[C@@]5(C[C@@H](C)C(=O)C[C@]35O)[C@@]2(O)[C@]4(C)[C@@]1(O)C(C)C. The Morgan fingerprint density at radius 3 is 2.26 bits per heavy atom. The Morgan fingerprint density at radius 2 is 1.74 bits per heavy atom. The maximum Gasteiger partial charge on any atom is 0.303 e. The lowest BCUT2D eigenvalue weighted by Crippen LogP contribution is -2.73. The van der Waals surface area contributed by atoms with Crippen LogP contribution in [0.5, 0.6) is 0 Å². The summed E-state index contributed by atoms with van der Waals surface area (Å²) >= 11 is 0. The minimum Gasteiger partial charge on any atom is -0.456 e. The van der Waals surface area contributed by atoms with Gasteiger partial charge in [-0.3, -0.25) is 9.59 Å². The molecule has 0 unspecified atom stereocenters. The summed E-state index contributed by atoms with van der Waals surface area (Å²) < 4.78 is 11.7. The summed E-state index contributed by atoms with van der Waals surface area (Å²) in [5, 5.41) is 61.0. The van der Waals surface area contributed by atoms with Gasteiger partial charge in [0.15, 0.2) is 11.9 Å². The van der Waals surface area contributed by atoms with Gasteiger partial charge in [0.05, 0.1) is 5.41 Å². The second-order valence-corrected chi connectivity index (χ2v) is 11.4. The molecule has 0 radical (unpaired) electrons. The van der Waals surface area contributed by atoms with Gasteiger partial charge in [0.1, 0.15) is 33.8 Å². The zero-order valence-corrected chi connectivity index (χ0v) is 18.7. The van der Waals surface area contributed by atoms with Crippen LogP contribution in [0.2, 0.25) is 0 Å². The van der Waals surface area contributed by atoms with Crippen LogP contribution < -0.4 is 0 Å². The van der Waals surface area contributed by atoms with E-state index in [1.165, 1.54) is 13.8 Å². The Labute approximate surface area is 180 Å². The molecule has 6 fully saturated rings. The first-order chi connectivity index (χ1) is 13.9. The minimum absolute atomic E-state index is 0.157. The van der Waals surface area contributed by atoms with E-state index in [4.69, 9.17) is 9.47 Å². The maximum absolute atomic E-state index is 12.7. The van der Waals surface area contributed by atoms with Crippen molar-refractivity contribution in [2.24, 2.45) is 22.7 Å². The van der Waals surface area contributed by atoms with Crippen LogP contribution in [0, 0.1) is 22.7 Å². The van der Waals surface area contributed by atoms with Crippen LogP contribution in [0.25, 0.3) is 0 Å². The van der Waals surface area contributed by atoms with E-state index in [9.17, 15) is 35.1 Å². The van der Waals surface area contributed by atoms with Gasteiger partial charge < -0.3 is 35.0 Å². The van der Waals surface area contributed by atoms with Crippen molar-refractivity contribution >= 4 is 11.8 Å². The molecule has 1 spiro atoms. The third-order valence-corrected chi connectivity index (χ3v) is 10.3. The van der Waals surface area contributed by atoms with E-state index in [0.717, 1.165) is 6.92 Å². The van der Waals surface area contributed by atoms with Crippen molar-refractivity contribution in [2.45, 2.75) is 101 Å². The monoisotopic (exact) mass is 440 g/mol. The number of aliphatic hydroxyl groups is 5. The first-order valence-electron chi connectivity index (χ1n) is 10.9. The Morgan fingerprint density at radius 1 is 1.16 bits per heavy atom. The number of hydrogen-bond acceptors (Lipinski definition) is 9. The van der Waals surface area contributed by atoms with E-state index in [-0.39, 0.29) is 18.6 Å². The molecule has 9 heteroatoms. The molecule has 4 saturated carbocycles. The smallest absolute Gasteiger partial charge is 0.303 e. The van der Waals surface area contributed by atoms with Crippen molar-refractivity contribution in [3.8, 4) is 0 Å². The molecule has 2 saturated heterocycles. The summed E-state index contributed by atoms with van der Waals surface area (Å²) in [6, 6.07) is 0. The summed E-state index contributed by atoms with van der Waals surface area (Å²) in [6.45, 7) is 8.94. The molecule has 6 aliphatic rings. The molecule has 0 aromatic carbocycles. The number of hydrogen-bond donors (Lipinski definition) is 5. The third kappa shape index (κ3) is 1.48. The zero-order valence-electron chi connectivity index (χ0n) is 18.7. The summed E-state index contributed by atoms with van der Waals surface area (Å²) in [6.07, 6.45) is -2.58. The van der Waals surface area contributed by atoms with Crippen LogP contribution in [0.4, 0.5) is 0 Å². The Balaban J connectivity index is 1.94. The maximum atomic E-state index is 12.7. The Bertz CT molecular complexity index is 936. The minimum atomic E-state index is -2.42. The molecule has 0 aromatic rings. The average molecular weight is 440 g/mol. The summed E-state index contributed by atoms with van der Waals surface area (Å²) in [5.41, 5.74) is -14.6. The number of rotatable bonds is 2. The fourth-order valence-electron chi connectivity index (χ4n) is 8.91. The number of carbonyl (C=O) groups is 2. The quantitative estimate of drug-likeness (QED) is 0.354. The van der Waals surface area contributed by atoms with Gasteiger partial charge in [-0.15, -0.1) is 0 Å². The molecule has 6 rings (SSSR count). The summed E-state index contributed by atoms with van der Waals surface area (Å²) in [5.74, 6) is -4.51. The second-order valence-electron chi connectivity index (χ2n) is 11.4. The van der Waals surface area contributed by atoms with Crippen LogP contribution in [-0.2, 0) is 19.1 Å². The number of carbonyl (C=O) groups excluding carboxylic acids is 2. The fraction of sp³-hybridized carbons (Fsp3) is 0.909. The first-order valence-corrected chi connectivity index (χ1v) is 10.9. The van der Waals surface area contributed by atoms with E-state index in [1.807, 2.05) is 0 Å². The van der Waals surface area contributed by atoms with E-state index in [2.05, 4.69) is 0 Å². The third-order valence-electron chi connectivity index (χ3n) is 10.3. The molecular formula is C22H32O9. The highest BCUT2D eigenvalue weighted by Gasteiger charge is 3.09. The van der Waals surface area contributed by atoms with E-state index in [1.54, 1.807) is 20.8 Å². The molecule has 2 aliphatic heterocycles. The van der Waals surface area contributed by atoms with Gasteiger partial charge in [-0.1, -0.05) is 27.7 Å². The highest BCUT2D eigenvalue weighted by Crippen LogP contribution is 2.90. The lowest BCUT2D eigenvalue weighted by atomic mass is 9.52. The highest BCUT2D eigenvalue weighted by atomic mass is 16.7. The number of esters is 1. The van der Waals surface area contributed by atoms with Gasteiger partial charge in [-0.05, 0) is 19.3 Å². The largest absolute Gasteiger partial charge is 0.456 e. The van der Waals surface area contributed by atoms with Gasteiger partial charge in [-0.25, -0.2) is 0 Å². The van der Waals surface area contributed by atoms with Crippen molar-refractivity contribution in [3.05, 3.63) is 0 Å². The molecule has 4 aliphatic carbocycles. The van der Waals surface area contributed by atoms with Gasteiger partial charge in [0, 0.05) is 31.1 Å². The van der Waals surface area contributed by atoms with Gasteiger partial charge >= 0.3 is 5.97 Å². The summed E-state index contributed by atoms with van der Waals surface area (Å²) in [7, 11) is 0. The van der Waals surface area contributed by atoms with E-state index in [0.29, 0.717) is 0 Å². The molecule has 10 atom stereocenters. The van der Waals surface area contributed by atoms with Crippen molar-refractivity contribution in [1.82, 2.24) is 0 Å². The average Bonchev–Trinajstić information content (AvgIpc) is 2.86. The molecule has 9 nitrogen and oxygen atoms in total. The molecule has 31 heavy (non-hydrogen) atoms. The molecule has 0 amide bonds.